The molecule has 192 valence electrons. The van der Waals surface area contributed by atoms with Crippen LogP contribution < -0.4 is 0 Å². The summed E-state index contributed by atoms with van der Waals surface area (Å²) < 4.78 is 11.1. The molecule has 0 spiro atoms. The molecular formula is C23H42N2O8. The second-order valence-electron chi connectivity index (χ2n) is 9.76. The van der Waals surface area contributed by atoms with Crippen LogP contribution in [0.2, 0.25) is 0 Å². The highest BCUT2D eigenvalue weighted by Crippen LogP contribution is 2.32. The second kappa shape index (κ2) is 13.6. The zero-order chi connectivity index (χ0) is 24.4. The van der Waals surface area contributed by atoms with E-state index in [0.29, 0.717) is 52.4 Å². The molecule has 3 atom stereocenters. The standard InChI is InChI=1S/C23H42N2O8/c1-17(2)30-11-5-8-24-10-7-23(15-24,22(28)29)16-32-33-20-14-25(13-19(20)21(26)27)9-6-12-31-18(3)4/h17-20H,5-16H2,1-4H3,(H,26,27)(H,28,29). The second-order valence-corrected chi connectivity index (χ2v) is 9.76. The van der Waals surface area contributed by atoms with Gasteiger partial charge in [-0.25, -0.2) is 9.78 Å². The summed E-state index contributed by atoms with van der Waals surface area (Å²) in [5.41, 5.74) is -1.05. The third kappa shape index (κ3) is 9.11. The van der Waals surface area contributed by atoms with E-state index >= 15 is 0 Å². The fourth-order valence-corrected chi connectivity index (χ4v) is 4.32. The minimum absolute atomic E-state index is 0.105. The number of rotatable bonds is 16. The maximum absolute atomic E-state index is 12.0. The van der Waals surface area contributed by atoms with Crippen molar-refractivity contribution in [1.82, 2.24) is 9.80 Å². The Kier molecular flexibility index (Phi) is 11.5. The molecule has 10 nitrogen and oxygen atoms in total. The van der Waals surface area contributed by atoms with E-state index in [4.69, 9.17) is 19.2 Å². The van der Waals surface area contributed by atoms with Crippen molar-refractivity contribution in [2.45, 2.75) is 65.3 Å². The maximum atomic E-state index is 12.0. The van der Waals surface area contributed by atoms with Gasteiger partial charge in [0.05, 0.1) is 24.7 Å². The van der Waals surface area contributed by atoms with Crippen LogP contribution in [0, 0.1) is 11.3 Å². The molecule has 0 aromatic heterocycles. The lowest BCUT2D eigenvalue weighted by atomic mass is 9.88. The van der Waals surface area contributed by atoms with Crippen LogP contribution in [0.1, 0.15) is 47.0 Å². The zero-order valence-corrected chi connectivity index (χ0v) is 20.5. The summed E-state index contributed by atoms with van der Waals surface area (Å²) in [6, 6.07) is 0. The molecule has 3 unspecified atom stereocenters. The molecule has 0 aromatic carbocycles. The van der Waals surface area contributed by atoms with E-state index in [1.54, 1.807) is 0 Å². The normalized spacial score (nSPS) is 26.6. The van der Waals surface area contributed by atoms with Crippen LogP contribution in [0.5, 0.6) is 0 Å². The van der Waals surface area contributed by atoms with Gasteiger partial charge in [0.1, 0.15) is 11.5 Å². The molecule has 0 amide bonds. The molecule has 0 radical (unpaired) electrons. The van der Waals surface area contributed by atoms with Gasteiger partial charge in [-0.15, -0.1) is 0 Å². The van der Waals surface area contributed by atoms with Crippen molar-refractivity contribution in [3.05, 3.63) is 0 Å². The Balaban J connectivity index is 1.79. The van der Waals surface area contributed by atoms with Crippen molar-refractivity contribution < 1.29 is 39.1 Å². The summed E-state index contributed by atoms with van der Waals surface area (Å²) in [7, 11) is 0. The van der Waals surface area contributed by atoms with Gasteiger partial charge < -0.3 is 24.6 Å². The van der Waals surface area contributed by atoms with E-state index in [1.165, 1.54) is 0 Å². The molecule has 33 heavy (non-hydrogen) atoms. The highest BCUT2D eigenvalue weighted by molar-refractivity contribution is 5.75. The Labute approximate surface area is 197 Å². The van der Waals surface area contributed by atoms with Crippen LogP contribution in [0.3, 0.4) is 0 Å². The highest BCUT2D eigenvalue weighted by Gasteiger charge is 2.46. The fourth-order valence-electron chi connectivity index (χ4n) is 4.32. The minimum Gasteiger partial charge on any atom is -0.481 e. The summed E-state index contributed by atoms with van der Waals surface area (Å²) >= 11 is 0. The number of hydrogen-bond acceptors (Lipinski definition) is 8. The average molecular weight is 475 g/mol. The summed E-state index contributed by atoms with van der Waals surface area (Å²) in [6.45, 7) is 12.4. The number of carbonyl (C=O) groups is 2. The van der Waals surface area contributed by atoms with Crippen LogP contribution in [0.25, 0.3) is 0 Å². The predicted molar refractivity (Wildman–Crippen MR) is 121 cm³/mol. The van der Waals surface area contributed by atoms with E-state index < -0.39 is 29.4 Å². The third-order valence-corrected chi connectivity index (χ3v) is 6.21. The van der Waals surface area contributed by atoms with Crippen molar-refractivity contribution in [3.63, 3.8) is 0 Å². The minimum atomic E-state index is -1.05. The van der Waals surface area contributed by atoms with E-state index in [9.17, 15) is 19.8 Å². The molecule has 2 heterocycles. The number of likely N-dealkylation sites (tertiary alicyclic amines) is 2. The summed E-state index contributed by atoms with van der Waals surface area (Å²) in [5.74, 6) is -2.56. The summed E-state index contributed by atoms with van der Waals surface area (Å²) in [5, 5.41) is 19.4. The number of nitrogens with zero attached hydrogens (tertiary/aromatic N) is 2. The quantitative estimate of drug-likeness (QED) is 0.194. The van der Waals surface area contributed by atoms with Crippen molar-refractivity contribution in [3.8, 4) is 0 Å². The lowest BCUT2D eigenvalue weighted by Gasteiger charge is -2.25. The van der Waals surface area contributed by atoms with Gasteiger partial charge in [0, 0.05) is 45.9 Å². The zero-order valence-electron chi connectivity index (χ0n) is 20.5. The topological polar surface area (TPSA) is 118 Å². The first-order chi connectivity index (χ1) is 15.6. The molecule has 0 aliphatic carbocycles. The van der Waals surface area contributed by atoms with Crippen LogP contribution in [-0.4, -0.2) is 109 Å². The van der Waals surface area contributed by atoms with Crippen LogP contribution in [0.15, 0.2) is 0 Å². The Morgan fingerprint density at radius 2 is 1.58 bits per heavy atom. The number of ether oxygens (including phenoxy) is 2. The van der Waals surface area contributed by atoms with E-state index in [2.05, 4.69) is 4.90 Å². The van der Waals surface area contributed by atoms with Crippen LogP contribution in [-0.2, 0) is 28.8 Å². The number of hydrogen-bond donors (Lipinski definition) is 2. The molecule has 0 aromatic rings. The van der Waals surface area contributed by atoms with E-state index in [0.717, 1.165) is 19.4 Å². The molecule has 2 aliphatic rings. The van der Waals surface area contributed by atoms with Crippen molar-refractivity contribution in [2.75, 3.05) is 59.1 Å². The Morgan fingerprint density at radius 1 is 0.970 bits per heavy atom. The molecule has 2 saturated heterocycles. The highest BCUT2D eigenvalue weighted by atomic mass is 17.2. The van der Waals surface area contributed by atoms with Crippen LogP contribution >= 0.6 is 0 Å². The SMILES string of the molecule is CC(C)OCCCN1CC(OOCC2(C(=O)O)CCN(CCCOC(C)C)C2)C(C(=O)O)C1. The summed E-state index contributed by atoms with van der Waals surface area (Å²) in [6.07, 6.45) is 1.82. The van der Waals surface area contributed by atoms with Gasteiger partial charge in [0.15, 0.2) is 0 Å². The van der Waals surface area contributed by atoms with E-state index in [1.807, 2.05) is 32.6 Å². The molecule has 2 rings (SSSR count). The lowest BCUT2D eigenvalue weighted by molar-refractivity contribution is -0.337. The van der Waals surface area contributed by atoms with Crippen LogP contribution in [0.4, 0.5) is 0 Å². The van der Waals surface area contributed by atoms with Gasteiger partial charge in [-0.1, -0.05) is 0 Å². The lowest BCUT2D eigenvalue weighted by Crippen LogP contribution is -2.40. The van der Waals surface area contributed by atoms with Gasteiger partial charge in [0.2, 0.25) is 0 Å². The largest absolute Gasteiger partial charge is 0.481 e. The van der Waals surface area contributed by atoms with Gasteiger partial charge >= 0.3 is 11.9 Å². The number of aliphatic carboxylic acids is 2. The molecule has 2 fully saturated rings. The number of carboxylic acid groups (broad SMARTS) is 2. The first-order valence-corrected chi connectivity index (χ1v) is 12.1. The van der Waals surface area contributed by atoms with Gasteiger partial charge in [-0.05, 0) is 53.5 Å². The third-order valence-electron chi connectivity index (χ3n) is 6.21. The maximum Gasteiger partial charge on any atom is 0.313 e. The van der Waals surface area contributed by atoms with Gasteiger partial charge in [-0.3, -0.25) is 14.5 Å². The first-order valence-electron chi connectivity index (χ1n) is 12.1. The monoisotopic (exact) mass is 474 g/mol. The Morgan fingerprint density at radius 3 is 2.12 bits per heavy atom. The van der Waals surface area contributed by atoms with Gasteiger partial charge in [-0.2, -0.15) is 0 Å². The molecule has 2 aliphatic heterocycles. The Hall–Kier alpha value is -1.30. The molecular weight excluding hydrogens is 432 g/mol. The van der Waals surface area contributed by atoms with Crippen molar-refractivity contribution in [1.29, 1.82) is 0 Å². The first kappa shape index (κ1) is 27.9. The molecule has 0 bridgehead atoms. The molecule has 2 N–H and O–H groups in total. The smallest absolute Gasteiger partial charge is 0.313 e. The Bertz CT molecular complexity index is 617. The number of carboxylic acids is 2. The van der Waals surface area contributed by atoms with Crippen molar-refractivity contribution >= 4 is 11.9 Å². The van der Waals surface area contributed by atoms with E-state index in [-0.39, 0.29) is 18.8 Å². The molecule has 10 heteroatoms. The fraction of sp³-hybridized carbons (Fsp3) is 0.913. The summed E-state index contributed by atoms with van der Waals surface area (Å²) in [4.78, 5) is 38.8. The van der Waals surface area contributed by atoms with Crippen molar-refractivity contribution in [2.24, 2.45) is 11.3 Å². The van der Waals surface area contributed by atoms with Gasteiger partial charge in [0.25, 0.3) is 0 Å². The predicted octanol–water partition coefficient (Wildman–Crippen LogP) is 1.73. The molecule has 0 saturated carbocycles. The average Bonchev–Trinajstić information content (AvgIpc) is 3.34.